The Hall–Kier alpha value is -1.65. The molecule has 1 fully saturated rings. The van der Waals surface area contributed by atoms with Crippen molar-refractivity contribution in [3.05, 3.63) is 28.7 Å². The number of rotatable bonds is 3. The predicted octanol–water partition coefficient (Wildman–Crippen LogP) is 1.54. The van der Waals surface area contributed by atoms with E-state index in [9.17, 15) is 4.79 Å². The zero-order valence-corrected chi connectivity index (χ0v) is 18.1. The van der Waals surface area contributed by atoms with Gasteiger partial charge < -0.3 is 21.1 Å². The molecule has 3 aliphatic heterocycles. The van der Waals surface area contributed by atoms with E-state index < -0.39 is 10.4 Å². The number of hydrogen-bond acceptors (Lipinski definition) is 8. The second-order valence-electron chi connectivity index (χ2n) is 7.80. The molecule has 4 N–H and O–H groups in total. The van der Waals surface area contributed by atoms with E-state index >= 15 is 0 Å². The van der Waals surface area contributed by atoms with Gasteiger partial charge in [-0.3, -0.25) is 9.48 Å². The van der Waals surface area contributed by atoms with Gasteiger partial charge in [0.2, 0.25) is 0 Å². The van der Waals surface area contributed by atoms with Crippen LogP contribution in [0.2, 0.25) is 0 Å². The number of hydrogen-bond donors (Lipinski definition) is 3. The van der Waals surface area contributed by atoms with Gasteiger partial charge in [-0.15, -0.1) is 0 Å². The van der Waals surface area contributed by atoms with Gasteiger partial charge >= 0.3 is 0 Å². The fourth-order valence-corrected chi connectivity index (χ4v) is 6.33. The minimum atomic E-state index is -0.481. The van der Waals surface area contributed by atoms with Gasteiger partial charge in [0, 0.05) is 24.1 Å². The van der Waals surface area contributed by atoms with Crippen LogP contribution in [0.25, 0.3) is 0 Å². The summed E-state index contributed by atoms with van der Waals surface area (Å²) in [6, 6.07) is 1.77. The molecule has 0 radical (unpaired) electrons. The molecule has 1 unspecified atom stereocenters. The lowest BCUT2D eigenvalue weighted by Gasteiger charge is -2.53. The van der Waals surface area contributed by atoms with E-state index in [0.29, 0.717) is 29.2 Å². The highest BCUT2D eigenvalue weighted by Gasteiger charge is 2.59. The van der Waals surface area contributed by atoms with Crippen LogP contribution in [-0.2, 0) is 11.8 Å². The van der Waals surface area contributed by atoms with Gasteiger partial charge in [-0.1, -0.05) is 23.5 Å². The zero-order valence-electron chi connectivity index (χ0n) is 16.5. The fraction of sp³-hybridized carbons (Fsp3) is 0.611. The molecule has 1 saturated heterocycles. The van der Waals surface area contributed by atoms with Crippen LogP contribution < -0.4 is 16.4 Å². The van der Waals surface area contributed by atoms with Crippen molar-refractivity contribution in [2.45, 2.75) is 43.7 Å². The molecule has 4 heterocycles. The number of fused-ring (bicyclic) bond motifs is 1. The monoisotopic (exact) mass is 422 g/mol. The molecule has 1 amide bonds. The van der Waals surface area contributed by atoms with Crippen LogP contribution in [-0.4, -0.2) is 49.7 Å². The second kappa shape index (κ2) is 7.00. The topological polar surface area (TPSA) is 107 Å². The lowest BCUT2D eigenvalue weighted by atomic mass is 9.75. The van der Waals surface area contributed by atoms with E-state index in [1.165, 1.54) is 0 Å². The van der Waals surface area contributed by atoms with E-state index in [0.717, 1.165) is 17.9 Å². The van der Waals surface area contributed by atoms with Gasteiger partial charge in [0.1, 0.15) is 21.9 Å². The Labute approximate surface area is 173 Å². The van der Waals surface area contributed by atoms with E-state index in [4.69, 9.17) is 15.5 Å². The number of aliphatic imine (C=N–C) groups is 1. The molecule has 1 aromatic rings. The second-order valence-corrected chi connectivity index (χ2v) is 10.1. The number of nitrogens with zero attached hydrogens (tertiary/aromatic N) is 3. The maximum atomic E-state index is 12.7. The molecule has 0 aromatic carbocycles. The number of amides is 1. The van der Waals surface area contributed by atoms with E-state index in [1.807, 2.05) is 12.3 Å². The summed E-state index contributed by atoms with van der Waals surface area (Å²) in [5.41, 5.74) is 6.96. The van der Waals surface area contributed by atoms with Gasteiger partial charge in [-0.05, 0) is 33.3 Å². The first-order chi connectivity index (χ1) is 13.2. The summed E-state index contributed by atoms with van der Waals surface area (Å²) in [6.45, 7) is 6.59. The molecule has 0 saturated carbocycles. The Morgan fingerprint density at radius 2 is 2.32 bits per heavy atom. The van der Waals surface area contributed by atoms with Crippen molar-refractivity contribution in [2.75, 3.05) is 12.4 Å². The Bertz CT molecular complexity index is 868. The highest BCUT2D eigenvalue weighted by molar-refractivity contribution is 8.13. The van der Waals surface area contributed by atoms with Crippen LogP contribution in [0.4, 0.5) is 0 Å². The van der Waals surface area contributed by atoms with E-state index in [-0.39, 0.29) is 12.0 Å². The molecule has 152 valence electrons. The summed E-state index contributed by atoms with van der Waals surface area (Å²) in [5.74, 6) is 1.74. The molecule has 10 heteroatoms. The van der Waals surface area contributed by atoms with Crippen molar-refractivity contribution < 1.29 is 9.53 Å². The number of aromatic nitrogens is 2. The molecular formula is C18H26N6O2S2. The molecule has 0 bridgehead atoms. The average Bonchev–Trinajstić information content (AvgIpc) is 3.18. The predicted molar refractivity (Wildman–Crippen MR) is 113 cm³/mol. The molecule has 4 atom stereocenters. The van der Waals surface area contributed by atoms with Crippen LogP contribution in [0.1, 0.15) is 36.5 Å². The van der Waals surface area contributed by atoms with Crippen molar-refractivity contribution in [1.82, 2.24) is 20.4 Å². The first-order valence-corrected chi connectivity index (χ1v) is 11.2. The number of carbonyl (C=O) groups excluding carboxylic acids is 1. The van der Waals surface area contributed by atoms with E-state index in [1.54, 1.807) is 41.3 Å². The molecule has 1 aromatic heterocycles. The summed E-state index contributed by atoms with van der Waals surface area (Å²) in [6.07, 6.45) is 1.15. The van der Waals surface area contributed by atoms with Crippen molar-refractivity contribution in [3.63, 3.8) is 0 Å². The van der Waals surface area contributed by atoms with Crippen molar-refractivity contribution >= 4 is 34.6 Å². The van der Waals surface area contributed by atoms with Crippen LogP contribution in [0.3, 0.4) is 0 Å². The van der Waals surface area contributed by atoms with Crippen molar-refractivity contribution in [2.24, 2.45) is 23.7 Å². The lowest BCUT2D eigenvalue weighted by Crippen LogP contribution is -2.67. The molecule has 0 aliphatic carbocycles. The number of thioether (sulfide) groups is 2. The summed E-state index contributed by atoms with van der Waals surface area (Å²) in [5, 5.41) is 13.2. The largest absolute Gasteiger partial charge is 0.379 e. The number of aryl methyl sites for hydroxylation is 2. The van der Waals surface area contributed by atoms with Gasteiger partial charge in [0.15, 0.2) is 5.17 Å². The maximum absolute atomic E-state index is 12.7. The van der Waals surface area contributed by atoms with Gasteiger partial charge in [0.05, 0.1) is 18.4 Å². The quantitative estimate of drug-likeness (QED) is 0.678. The highest BCUT2D eigenvalue weighted by Crippen LogP contribution is 2.51. The fourth-order valence-electron chi connectivity index (χ4n) is 4.20. The molecule has 0 spiro atoms. The Morgan fingerprint density at radius 3 is 3.04 bits per heavy atom. The van der Waals surface area contributed by atoms with Crippen LogP contribution >= 0.6 is 23.5 Å². The third-order valence-electron chi connectivity index (χ3n) is 5.72. The highest BCUT2D eigenvalue weighted by atomic mass is 32.2. The standard InChI is InChI=1S/C18H26N6O2S2/c1-10-5-13(24(4)23-10)15(25)20-14-8-28-17(3,21-14)18-9-26-11(2)6-12(18)7-27-16(19)22-18/h5,8,11-12,21H,6-7,9H2,1-4H3,(H2,19,22)(H,20,25)/t11-,12-,17?,18-/m0/s1. The molecular weight excluding hydrogens is 396 g/mol. The van der Waals surface area contributed by atoms with Crippen LogP contribution in [0.5, 0.6) is 0 Å². The van der Waals surface area contributed by atoms with Crippen LogP contribution in [0, 0.1) is 12.8 Å². The Kier molecular flexibility index (Phi) is 4.91. The molecule has 4 rings (SSSR count). The average molecular weight is 423 g/mol. The molecule has 3 aliphatic rings. The molecule has 28 heavy (non-hydrogen) atoms. The third-order valence-corrected chi connectivity index (χ3v) is 7.95. The SMILES string of the molecule is Cc1cc(C(=O)NC2=CSC(C)([C@]34CO[C@@H](C)C[C@H]3CSC(N)=N4)N2)n(C)n1. The van der Waals surface area contributed by atoms with Gasteiger partial charge in [0.25, 0.3) is 5.91 Å². The van der Waals surface area contributed by atoms with Gasteiger partial charge in [-0.25, -0.2) is 4.99 Å². The van der Waals surface area contributed by atoms with E-state index in [2.05, 4.69) is 29.6 Å². The number of nitrogens with two attached hydrogens (primary N) is 1. The maximum Gasteiger partial charge on any atom is 0.275 e. The molecule has 8 nitrogen and oxygen atoms in total. The Balaban J connectivity index is 1.54. The first kappa shape index (κ1) is 19.7. The minimum absolute atomic E-state index is 0.198. The zero-order chi connectivity index (χ0) is 20.1. The summed E-state index contributed by atoms with van der Waals surface area (Å²) in [4.78, 5) is 17.1. The summed E-state index contributed by atoms with van der Waals surface area (Å²) >= 11 is 3.24. The Morgan fingerprint density at radius 1 is 1.54 bits per heavy atom. The van der Waals surface area contributed by atoms with Crippen LogP contribution in [0.15, 0.2) is 22.3 Å². The number of nitrogens with one attached hydrogen (secondary N) is 2. The van der Waals surface area contributed by atoms with Crippen molar-refractivity contribution in [3.8, 4) is 0 Å². The number of carbonyl (C=O) groups is 1. The summed E-state index contributed by atoms with van der Waals surface area (Å²) in [7, 11) is 1.76. The lowest BCUT2D eigenvalue weighted by molar-refractivity contribution is -0.0585. The van der Waals surface area contributed by atoms with Gasteiger partial charge in [-0.2, -0.15) is 5.10 Å². The smallest absolute Gasteiger partial charge is 0.275 e. The normalized spacial score (nSPS) is 34.9. The summed E-state index contributed by atoms with van der Waals surface area (Å²) < 4.78 is 7.62. The number of amidine groups is 1. The number of ether oxygens (including phenoxy) is 1. The minimum Gasteiger partial charge on any atom is -0.379 e. The van der Waals surface area contributed by atoms with Crippen molar-refractivity contribution in [1.29, 1.82) is 0 Å². The first-order valence-electron chi connectivity index (χ1n) is 9.30. The third kappa shape index (κ3) is 3.21.